The molecule has 184 valence electrons. The van der Waals surface area contributed by atoms with Crippen molar-refractivity contribution in [2.75, 3.05) is 27.3 Å². The van der Waals surface area contributed by atoms with Crippen LogP contribution < -0.4 is 14.3 Å². The summed E-state index contributed by atoms with van der Waals surface area (Å²) in [7, 11) is -0.639. The van der Waals surface area contributed by atoms with Crippen molar-refractivity contribution >= 4 is 49.1 Å². The third-order valence-electron chi connectivity index (χ3n) is 5.83. The molecule has 1 aliphatic rings. The molecule has 2 aromatic carbocycles. The summed E-state index contributed by atoms with van der Waals surface area (Å²) in [6.45, 7) is 0.570. The number of aromatic nitrogens is 1. The van der Waals surface area contributed by atoms with Gasteiger partial charge in [0.15, 0.2) is 4.80 Å². The van der Waals surface area contributed by atoms with Gasteiger partial charge in [0.05, 0.1) is 31.6 Å². The fourth-order valence-electron chi connectivity index (χ4n) is 4.08. The second-order valence-electron chi connectivity index (χ2n) is 7.93. The van der Waals surface area contributed by atoms with Gasteiger partial charge in [-0.3, -0.25) is 4.79 Å². The molecule has 1 amide bonds. The second-order valence-corrected chi connectivity index (χ2v) is 11.3. The topological polar surface area (TPSA) is 90.2 Å². The molecule has 8 nitrogen and oxygen atoms in total. The molecule has 0 bridgehead atoms. The Morgan fingerprint density at radius 2 is 1.89 bits per heavy atom. The minimum Gasteiger partial charge on any atom is -0.495 e. The van der Waals surface area contributed by atoms with E-state index in [1.807, 2.05) is 0 Å². The van der Waals surface area contributed by atoms with E-state index in [4.69, 9.17) is 27.5 Å². The van der Waals surface area contributed by atoms with Crippen LogP contribution in [0.3, 0.4) is 0 Å². The van der Waals surface area contributed by atoms with E-state index in [-0.39, 0.29) is 18.0 Å². The van der Waals surface area contributed by atoms with Gasteiger partial charge in [0.1, 0.15) is 21.7 Å². The third kappa shape index (κ3) is 4.95. The molecule has 11 heteroatoms. The summed E-state index contributed by atoms with van der Waals surface area (Å²) in [5.74, 6) is 2.83. The highest BCUT2D eigenvalue weighted by Crippen LogP contribution is 2.35. The van der Waals surface area contributed by atoms with Gasteiger partial charge >= 0.3 is 0 Å². The highest BCUT2D eigenvalue weighted by molar-refractivity contribution is 7.89. The monoisotopic (exact) mass is 533 g/mol. The molecule has 4 rings (SSSR count). The zero-order chi connectivity index (χ0) is 25.2. The van der Waals surface area contributed by atoms with Crippen molar-refractivity contribution in [2.45, 2.75) is 24.3 Å². The predicted octanol–water partition coefficient (Wildman–Crippen LogP) is 3.53. The average Bonchev–Trinajstić information content (AvgIpc) is 3.22. The van der Waals surface area contributed by atoms with Gasteiger partial charge in [-0.2, -0.15) is 9.30 Å². The van der Waals surface area contributed by atoms with Gasteiger partial charge in [-0.15, -0.1) is 6.42 Å². The molecule has 35 heavy (non-hydrogen) atoms. The molecule has 1 atom stereocenters. The van der Waals surface area contributed by atoms with E-state index in [1.165, 1.54) is 39.9 Å². The lowest BCUT2D eigenvalue weighted by atomic mass is 9.99. The van der Waals surface area contributed by atoms with E-state index < -0.39 is 21.8 Å². The molecule has 3 aromatic rings. The van der Waals surface area contributed by atoms with Crippen LogP contribution in [0.1, 0.15) is 12.8 Å². The average molecular weight is 534 g/mol. The van der Waals surface area contributed by atoms with Crippen molar-refractivity contribution in [3.63, 3.8) is 0 Å². The van der Waals surface area contributed by atoms with Crippen molar-refractivity contribution in [3.05, 3.63) is 46.2 Å². The molecule has 0 aliphatic carbocycles. The Balaban J connectivity index is 1.69. The zero-order valence-corrected chi connectivity index (χ0v) is 21.6. The number of methoxy groups -OCH3 is 2. The number of nitrogens with zero attached hydrogens (tertiary/aromatic N) is 3. The van der Waals surface area contributed by atoms with E-state index in [0.717, 1.165) is 4.70 Å². The lowest BCUT2D eigenvalue weighted by molar-refractivity contribution is -0.122. The Hall–Kier alpha value is -2.84. The molecule has 1 aromatic heterocycles. The van der Waals surface area contributed by atoms with Gasteiger partial charge in [-0.25, -0.2) is 8.42 Å². The van der Waals surface area contributed by atoms with Gasteiger partial charge < -0.3 is 14.0 Å². The maximum absolute atomic E-state index is 13.2. The predicted molar refractivity (Wildman–Crippen MR) is 135 cm³/mol. The third-order valence-corrected chi connectivity index (χ3v) is 9.06. The quantitative estimate of drug-likeness (QED) is 0.452. The number of fused-ring (bicyclic) bond motifs is 1. The molecular formula is C24H24ClN3O5S2. The van der Waals surface area contributed by atoms with E-state index >= 15 is 0 Å². The minimum atomic E-state index is -3.75. The number of carbonyl (C=O) groups is 1. The van der Waals surface area contributed by atoms with E-state index in [9.17, 15) is 13.2 Å². The Morgan fingerprint density at radius 1 is 1.20 bits per heavy atom. The first-order valence-electron chi connectivity index (χ1n) is 10.8. The van der Waals surface area contributed by atoms with Crippen LogP contribution in [-0.4, -0.2) is 50.5 Å². The maximum Gasteiger partial charge on any atom is 0.252 e. The van der Waals surface area contributed by atoms with Crippen LogP contribution in [0.2, 0.25) is 5.02 Å². The molecule has 0 saturated carbocycles. The number of piperidine rings is 1. The molecular weight excluding hydrogens is 510 g/mol. The molecule has 1 aliphatic heterocycles. The number of amides is 1. The standard InChI is InChI=1S/C24H24ClN3O5S2/c1-4-13-28-21-19(32-2)11-12-20(33-3)22(21)34-24(28)26-23(29)16-6-5-14-27(15-16)35(30,31)18-9-7-17(25)8-10-18/h1,7-12,16H,5-6,13-15H2,2-3H3. The first-order valence-corrected chi connectivity index (χ1v) is 13.5. The summed E-state index contributed by atoms with van der Waals surface area (Å²) in [6, 6.07) is 9.55. The summed E-state index contributed by atoms with van der Waals surface area (Å²) < 4.78 is 41.0. The Labute approximate surface area is 212 Å². The number of rotatable bonds is 6. The maximum atomic E-state index is 13.2. The van der Waals surface area contributed by atoms with E-state index in [1.54, 1.807) is 30.9 Å². The second kappa shape index (κ2) is 10.4. The Morgan fingerprint density at radius 3 is 2.54 bits per heavy atom. The number of terminal acetylenes is 1. The van der Waals surface area contributed by atoms with Crippen LogP contribution in [0.4, 0.5) is 0 Å². The number of hydrogen-bond acceptors (Lipinski definition) is 6. The minimum absolute atomic E-state index is 0.0555. The SMILES string of the molecule is C#CCn1c(=NC(=O)C2CCCN(S(=O)(=O)c3ccc(Cl)cc3)C2)sc2c(OC)ccc(OC)c21. The summed E-state index contributed by atoms with van der Waals surface area (Å²) in [4.78, 5) is 18.2. The molecule has 1 saturated heterocycles. The van der Waals surface area contributed by atoms with Crippen molar-refractivity contribution in [3.8, 4) is 23.8 Å². The van der Waals surface area contributed by atoms with Crippen LogP contribution in [0, 0.1) is 18.3 Å². The number of hydrogen-bond donors (Lipinski definition) is 0. The fourth-order valence-corrected chi connectivity index (χ4v) is 6.87. The van der Waals surface area contributed by atoms with Gasteiger partial charge in [0.25, 0.3) is 5.91 Å². The molecule has 0 spiro atoms. The zero-order valence-electron chi connectivity index (χ0n) is 19.2. The highest BCUT2D eigenvalue weighted by atomic mass is 35.5. The number of thiazole rings is 1. The Kier molecular flexibility index (Phi) is 7.52. The number of carbonyl (C=O) groups excluding carboxylic acids is 1. The summed E-state index contributed by atoms with van der Waals surface area (Å²) in [5.41, 5.74) is 0.692. The molecule has 0 radical (unpaired) electrons. The van der Waals surface area contributed by atoms with Gasteiger partial charge in [-0.05, 0) is 49.2 Å². The number of benzene rings is 2. The van der Waals surface area contributed by atoms with Crippen molar-refractivity contribution in [1.29, 1.82) is 0 Å². The molecule has 2 heterocycles. The number of halogens is 1. The summed E-state index contributed by atoms with van der Waals surface area (Å²) in [5, 5.41) is 0.450. The molecule has 0 N–H and O–H groups in total. The lowest BCUT2D eigenvalue weighted by Crippen LogP contribution is -2.42. The first kappa shape index (κ1) is 25.3. The normalized spacial score (nSPS) is 17.3. The van der Waals surface area contributed by atoms with Crippen LogP contribution >= 0.6 is 22.9 Å². The number of ether oxygens (including phenoxy) is 2. The van der Waals surface area contributed by atoms with Gasteiger partial charge in [0.2, 0.25) is 10.0 Å². The van der Waals surface area contributed by atoms with Crippen LogP contribution in [0.15, 0.2) is 46.3 Å². The van der Waals surface area contributed by atoms with Crippen LogP contribution in [-0.2, 0) is 21.4 Å². The van der Waals surface area contributed by atoms with Crippen molar-refractivity contribution < 1.29 is 22.7 Å². The fraction of sp³-hybridized carbons (Fsp3) is 0.333. The molecule has 1 fully saturated rings. The Bertz CT molecular complexity index is 1470. The van der Waals surface area contributed by atoms with E-state index in [0.29, 0.717) is 46.2 Å². The number of sulfonamides is 1. The van der Waals surface area contributed by atoms with Crippen LogP contribution in [0.25, 0.3) is 10.2 Å². The lowest BCUT2D eigenvalue weighted by Gasteiger charge is -2.30. The van der Waals surface area contributed by atoms with E-state index in [2.05, 4.69) is 10.9 Å². The smallest absolute Gasteiger partial charge is 0.252 e. The molecule has 1 unspecified atom stereocenters. The van der Waals surface area contributed by atoms with Crippen molar-refractivity contribution in [1.82, 2.24) is 8.87 Å². The van der Waals surface area contributed by atoms with Gasteiger partial charge in [0, 0.05) is 18.1 Å². The highest BCUT2D eigenvalue weighted by Gasteiger charge is 2.33. The summed E-state index contributed by atoms with van der Waals surface area (Å²) in [6.07, 6.45) is 6.70. The van der Waals surface area contributed by atoms with Gasteiger partial charge in [-0.1, -0.05) is 28.9 Å². The van der Waals surface area contributed by atoms with Crippen molar-refractivity contribution in [2.24, 2.45) is 10.9 Å². The summed E-state index contributed by atoms with van der Waals surface area (Å²) >= 11 is 7.17. The largest absolute Gasteiger partial charge is 0.495 e. The van der Waals surface area contributed by atoms with Crippen LogP contribution in [0.5, 0.6) is 11.5 Å². The first-order chi connectivity index (χ1) is 16.8.